The summed E-state index contributed by atoms with van der Waals surface area (Å²) in [6.07, 6.45) is 3.56. The van der Waals surface area contributed by atoms with Crippen molar-refractivity contribution in [1.29, 1.82) is 0 Å². The van der Waals surface area contributed by atoms with Crippen LogP contribution in [-0.4, -0.2) is 23.5 Å². The van der Waals surface area contributed by atoms with Crippen molar-refractivity contribution in [2.75, 3.05) is 6.54 Å². The van der Waals surface area contributed by atoms with Gasteiger partial charge in [-0.15, -0.1) is 0 Å². The zero-order valence-corrected chi connectivity index (χ0v) is 14.6. The summed E-state index contributed by atoms with van der Waals surface area (Å²) in [7, 11) is 0. The highest BCUT2D eigenvalue weighted by Gasteiger charge is 2.30. The van der Waals surface area contributed by atoms with Crippen LogP contribution in [0.4, 0.5) is 0 Å². The molecule has 1 aliphatic rings. The van der Waals surface area contributed by atoms with Crippen LogP contribution < -0.4 is 5.32 Å². The molecule has 0 aromatic heterocycles. The lowest BCUT2D eigenvalue weighted by Crippen LogP contribution is -2.37. The smallest absolute Gasteiger partial charge is 0.306 e. The zero-order chi connectivity index (χ0) is 15.4. The average Bonchev–Trinajstić information content (AvgIpc) is 2.43. The molecule has 4 nitrogen and oxygen atoms in total. The van der Waals surface area contributed by atoms with Gasteiger partial charge in [0.2, 0.25) is 0 Å². The first-order valence-electron chi connectivity index (χ1n) is 6.94. The lowest BCUT2D eigenvalue weighted by molar-refractivity contribution is -0.144. The van der Waals surface area contributed by atoms with E-state index >= 15 is 0 Å². The van der Waals surface area contributed by atoms with Crippen molar-refractivity contribution in [3.8, 4) is 0 Å². The molecule has 0 heterocycles. The molecule has 21 heavy (non-hydrogen) atoms. The van der Waals surface area contributed by atoms with E-state index in [1.807, 2.05) is 6.07 Å². The van der Waals surface area contributed by atoms with Crippen LogP contribution in [0.5, 0.6) is 0 Å². The standard InChI is InChI=1S/C15H17Br2NO3/c16-11-5-10(6-12(17)7-11)14(19)18-8-9-3-1-2-4-13(9)15(20)21/h5-7,9,13H,1-4,8H2,(H,18,19)(H,20,21). The average molecular weight is 419 g/mol. The van der Waals surface area contributed by atoms with E-state index in [1.54, 1.807) is 12.1 Å². The Balaban J connectivity index is 1.98. The summed E-state index contributed by atoms with van der Waals surface area (Å²) in [4.78, 5) is 23.4. The third kappa shape index (κ3) is 4.54. The first kappa shape index (κ1) is 16.5. The molecular formula is C15H17Br2NO3. The molecule has 0 aliphatic heterocycles. The number of carboxylic acids is 1. The second kappa shape index (κ2) is 7.40. The maximum absolute atomic E-state index is 12.2. The molecule has 2 unspecified atom stereocenters. The van der Waals surface area contributed by atoms with Crippen LogP contribution in [0.1, 0.15) is 36.0 Å². The number of amides is 1. The Kier molecular flexibility index (Phi) is 5.81. The summed E-state index contributed by atoms with van der Waals surface area (Å²) in [6, 6.07) is 5.35. The Bertz CT molecular complexity index is 527. The predicted octanol–water partition coefficient (Wildman–Crippen LogP) is 3.83. The van der Waals surface area contributed by atoms with E-state index in [9.17, 15) is 14.7 Å². The lowest BCUT2D eigenvalue weighted by atomic mass is 9.79. The largest absolute Gasteiger partial charge is 0.481 e. The van der Waals surface area contributed by atoms with Crippen LogP contribution in [0.2, 0.25) is 0 Å². The molecule has 0 spiro atoms. The molecule has 0 saturated heterocycles. The Morgan fingerprint density at radius 3 is 2.38 bits per heavy atom. The molecule has 6 heteroatoms. The van der Waals surface area contributed by atoms with Crippen molar-refractivity contribution in [2.45, 2.75) is 25.7 Å². The Hall–Kier alpha value is -0.880. The number of hydrogen-bond acceptors (Lipinski definition) is 2. The van der Waals surface area contributed by atoms with E-state index in [1.165, 1.54) is 0 Å². The Morgan fingerprint density at radius 1 is 1.14 bits per heavy atom. The minimum Gasteiger partial charge on any atom is -0.481 e. The normalized spacial score (nSPS) is 21.8. The molecule has 2 atom stereocenters. The van der Waals surface area contributed by atoms with Crippen molar-refractivity contribution in [3.63, 3.8) is 0 Å². The third-order valence-corrected chi connectivity index (χ3v) is 4.79. The van der Waals surface area contributed by atoms with Crippen LogP contribution in [0.15, 0.2) is 27.1 Å². The van der Waals surface area contributed by atoms with Crippen molar-refractivity contribution >= 4 is 43.7 Å². The van der Waals surface area contributed by atoms with E-state index < -0.39 is 5.97 Å². The molecule has 1 amide bonds. The van der Waals surface area contributed by atoms with Gasteiger partial charge >= 0.3 is 5.97 Å². The molecule has 2 rings (SSSR count). The number of halogens is 2. The first-order valence-corrected chi connectivity index (χ1v) is 8.53. The number of hydrogen-bond donors (Lipinski definition) is 2. The number of carboxylic acid groups (broad SMARTS) is 1. The fourth-order valence-corrected chi connectivity index (χ4v) is 4.08. The minimum absolute atomic E-state index is 0.0239. The van der Waals surface area contributed by atoms with Crippen LogP contribution in [0.3, 0.4) is 0 Å². The molecule has 114 valence electrons. The van der Waals surface area contributed by atoms with Crippen molar-refractivity contribution in [1.82, 2.24) is 5.32 Å². The van der Waals surface area contributed by atoms with Gasteiger partial charge in [0, 0.05) is 21.1 Å². The highest BCUT2D eigenvalue weighted by molar-refractivity contribution is 9.11. The molecule has 1 fully saturated rings. The summed E-state index contributed by atoms with van der Waals surface area (Å²) < 4.78 is 1.64. The summed E-state index contributed by atoms with van der Waals surface area (Å²) in [5.41, 5.74) is 0.555. The van der Waals surface area contributed by atoms with Gasteiger partial charge in [0.05, 0.1) is 5.92 Å². The SMILES string of the molecule is O=C(NCC1CCCCC1C(=O)O)c1cc(Br)cc(Br)c1. The predicted molar refractivity (Wildman–Crippen MR) is 87.3 cm³/mol. The second-order valence-corrected chi connectivity index (χ2v) is 7.19. The quantitative estimate of drug-likeness (QED) is 0.780. The maximum atomic E-state index is 12.2. The molecule has 2 N–H and O–H groups in total. The highest BCUT2D eigenvalue weighted by atomic mass is 79.9. The summed E-state index contributed by atoms with van der Waals surface area (Å²) in [6.45, 7) is 0.417. The molecule has 1 aromatic rings. The van der Waals surface area contributed by atoms with Gasteiger partial charge in [0.15, 0.2) is 0 Å². The monoisotopic (exact) mass is 417 g/mol. The van der Waals surface area contributed by atoms with Gasteiger partial charge in [-0.25, -0.2) is 0 Å². The number of benzene rings is 1. The van der Waals surface area contributed by atoms with Crippen LogP contribution >= 0.6 is 31.9 Å². The molecule has 1 aromatic carbocycles. The molecule has 0 bridgehead atoms. The number of nitrogens with one attached hydrogen (secondary N) is 1. The van der Waals surface area contributed by atoms with Crippen LogP contribution in [0, 0.1) is 11.8 Å². The number of aliphatic carboxylic acids is 1. The van der Waals surface area contributed by atoms with Gasteiger partial charge in [0.25, 0.3) is 5.91 Å². The van der Waals surface area contributed by atoms with Gasteiger partial charge in [0.1, 0.15) is 0 Å². The maximum Gasteiger partial charge on any atom is 0.306 e. The van der Waals surface area contributed by atoms with Crippen molar-refractivity contribution in [2.24, 2.45) is 11.8 Å². The Morgan fingerprint density at radius 2 is 1.76 bits per heavy atom. The van der Waals surface area contributed by atoms with E-state index in [0.717, 1.165) is 28.2 Å². The van der Waals surface area contributed by atoms with Gasteiger partial charge in [-0.1, -0.05) is 44.7 Å². The topological polar surface area (TPSA) is 66.4 Å². The molecule has 1 aliphatic carbocycles. The van der Waals surface area contributed by atoms with Gasteiger partial charge < -0.3 is 10.4 Å². The summed E-state index contributed by atoms with van der Waals surface area (Å²) in [5.74, 6) is -1.24. The van der Waals surface area contributed by atoms with E-state index in [4.69, 9.17) is 0 Å². The molecule has 0 radical (unpaired) electrons. The van der Waals surface area contributed by atoms with Gasteiger partial charge in [-0.05, 0) is 37.0 Å². The number of carbonyl (C=O) groups is 2. The summed E-state index contributed by atoms with van der Waals surface area (Å²) in [5, 5.41) is 12.1. The number of rotatable bonds is 4. The Labute approximate surface area is 140 Å². The van der Waals surface area contributed by atoms with Crippen molar-refractivity contribution in [3.05, 3.63) is 32.7 Å². The molecule has 1 saturated carbocycles. The second-order valence-electron chi connectivity index (χ2n) is 5.36. The minimum atomic E-state index is -0.751. The van der Waals surface area contributed by atoms with E-state index in [2.05, 4.69) is 37.2 Å². The number of carbonyl (C=O) groups excluding carboxylic acids is 1. The summed E-state index contributed by atoms with van der Waals surface area (Å²) >= 11 is 6.70. The van der Waals surface area contributed by atoms with E-state index in [0.29, 0.717) is 18.5 Å². The fraction of sp³-hybridized carbons (Fsp3) is 0.467. The van der Waals surface area contributed by atoms with Gasteiger partial charge in [-0.3, -0.25) is 9.59 Å². The zero-order valence-electron chi connectivity index (χ0n) is 11.4. The van der Waals surface area contributed by atoms with Crippen LogP contribution in [0.25, 0.3) is 0 Å². The lowest BCUT2D eigenvalue weighted by Gasteiger charge is -2.28. The van der Waals surface area contributed by atoms with Crippen molar-refractivity contribution < 1.29 is 14.7 Å². The highest BCUT2D eigenvalue weighted by Crippen LogP contribution is 2.30. The van der Waals surface area contributed by atoms with Gasteiger partial charge in [-0.2, -0.15) is 0 Å². The van der Waals surface area contributed by atoms with E-state index in [-0.39, 0.29) is 17.7 Å². The third-order valence-electron chi connectivity index (χ3n) is 3.88. The first-order chi connectivity index (χ1) is 9.97. The fourth-order valence-electron chi connectivity index (χ4n) is 2.79. The van der Waals surface area contributed by atoms with Crippen LogP contribution in [-0.2, 0) is 4.79 Å². The molecular weight excluding hydrogens is 402 g/mol.